The van der Waals surface area contributed by atoms with Gasteiger partial charge >= 0.3 is 5.97 Å². The van der Waals surface area contributed by atoms with Crippen molar-refractivity contribution in [3.8, 4) is 0 Å². The molecule has 1 amide bonds. The fourth-order valence-corrected chi connectivity index (χ4v) is 1.61. The Kier molecular flexibility index (Phi) is 5.87. The van der Waals surface area contributed by atoms with Crippen molar-refractivity contribution >= 4 is 11.9 Å². The van der Waals surface area contributed by atoms with Crippen LogP contribution in [-0.2, 0) is 9.59 Å². The molecule has 0 spiro atoms. The summed E-state index contributed by atoms with van der Waals surface area (Å²) < 4.78 is 0. The maximum Gasteiger partial charge on any atom is 0.312 e. The SMILES string of the molecule is CNC(=O)CCNCC(C(=O)O)c1ccccc1. The van der Waals surface area contributed by atoms with E-state index in [1.807, 2.05) is 18.2 Å². The number of aliphatic carboxylic acids is 1. The van der Waals surface area contributed by atoms with Crippen molar-refractivity contribution in [1.29, 1.82) is 0 Å². The zero-order valence-corrected chi connectivity index (χ0v) is 10.3. The molecule has 0 heterocycles. The molecule has 0 aliphatic rings. The molecule has 1 rings (SSSR count). The Labute approximate surface area is 106 Å². The Morgan fingerprint density at radius 3 is 2.50 bits per heavy atom. The molecule has 98 valence electrons. The van der Waals surface area contributed by atoms with Gasteiger partial charge in [-0.05, 0) is 5.56 Å². The average molecular weight is 250 g/mol. The van der Waals surface area contributed by atoms with Crippen LogP contribution in [0.15, 0.2) is 30.3 Å². The Morgan fingerprint density at radius 1 is 1.28 bits per heavy atom. The first-order valence-corrected chi connectivity index (χ1v) is 5.84. The molecule has 18 heavy (non-hydrogen) atoms. The third kappa shape index (κ3) is 4.55. The van der Waals surface area contributed by atoms with Crippen molar-refractivity contribution in [2.75, 3.05) is 20.1 Å². The lowest BCUT2D eigenvalue weighted by molar-refractivity contribution is -0.138. The van der Waals surface area contributed by atoms with Crippen LogP contribution in [-0.4, -0.2) is 37.1 Å². The number of hydrogen-bond donors (Lipinski definition) is 3. The molecule has 1 atom stereocenters. The van der Waals surface area contributed by atoms with E-state index in [0.29, 0.717) is 19.5 Å². The minimum absolute atomic E-state index is 0.0610. The predicted octanol–water partition coefficient (Wildman–Crippen LogP) is 0.581. The zero-order chi connectivity index (χ0) is 13.4. The standard InChI is InChI=1S/C13H18N2O3/c1-14-12(16)7-8-15-9-11(13(17)18)10-5-3-2-4-6-10/h2-6,11,15H,7-9H2,1H3,(H,14,16)(H,17,18). The van der Waals surface area contributed by atoms with Gasteiger partial charge in [-0.25, -0.2) is 0 Å². The fourth-order valence-electron chi connectivity index (χ4n) is 1.61. The van der Waals surface area contributed by atoms with E-state index in [1.165, 1.54) is 0 Å². The minimum atomic E-state index is -0.867. The number of hydrogen-bond acceptors (Lipinski definition) is 3. The van der Waals surface area contributed by atoms with Gasteiger partial charge in [-0.2, -0.15) is 0 Å². The Morgan fingerprint density at radius 2 is 1.94 bits per heavy atom. The first kappa shape index (κ1) is 14.2. The zero-order valence-electron chi connectivity index (χ0n) is 10.3. The minimum Gasteiger partial charge on any atom is -0.481 e. The molecule has 0 saturated heterocycles. The number of amides is 1. The van der Waals surface area contributed by atoms with Gasteiger partial charge < -0.3 is 15.7 Å². The Bertz CT molecular complexity index is 392. The summed E-state index contributed by atoms with van der Waals surface area (Å²) in [6, 6.07) is 9.06. The topological polar surface area (TPSA) is 78.4 Å². The molecule has 0 fully saturated rings. The second-order valence-electron chi connectivity index (χ2n) is 3.93. The van der Waals surface area contributed by atoms with Crippen LogP contribution >= 0.6 is 0 Å². The number of rotatable bonds is 7. The highest BCUT2D eigenvalue weighted by Gasteiger charge is 2.18. The van der Waals surface area contributed by atoms with Crippen LogP contribution < -0.4 is 10.6 Å². The van der Waals surface area contributed by atoms with Gasteiger partial charge in [-0.15, -0.1) is 0 Å². The molecule has 0 radical (unpaired) electrons. The summed E-state index contributed by atoms with van der Waals surface area (Å²) in [6.07, 6.45) is 0.345. The van der Waals surface area contributed by atoms with Crippen molar-refractivity contribution in [2.24, 2.45) is 0 Å². The summed E-state index contributed by atoms with van der Waals surface area (Å²) in [5.41, 5.74) is 0.762. The fraction of sp³-hybridized carbons (Fsp3) is 0.385. The van der Waals surface area contributed by atoms with Gasteiger partial charge in [0.15, 0.2) is 0 Å². The van der Waals surface area contributed by atoms with E-state index in [9.17, 15) is 9.59 Å². The van der Waals surface area contributed by atoms with E-state index >= 15 is 0 Å². The molecule has 0 bridgehead atoms. The van der Waals surface area contributed by atoms with Gasteiger partial charge in [0.25, 0.3) is 0 Å². The maximum atomic E-state index is 11.2. The lowest BCUT2D eigenvalue weighted by Crippen LogP contribution is -2.30. The summed E-state index contributed by atoms with van der Waals surface area (Å²) in [7, 11) is 1.58. The molecule has 1 aromatic rings. The Balaban J connectivity index is 2.45. The van der Waals surface area contributed by atoms with Crippen molar-refractivity contribution in [1.82, 2.24) is 10.6 Å². The predicted molar refractivity (Wildman–Crippen MR) is 68.4 cm³/mol. The Hall–Kier alpha value is -1.88. The number of nitrogens with one attached hydrogen (secondary N) is 2. The van der Waals surface area contributed by atoms with Crippen molar-refractivity contribution < 1.29 is 14.7 Å². The highest BCUT2D eigenvalue weighted by atomic mass is 16.4. The highest BCUT2D eigenvalue weighted by Crippen LogP contribution is 2.14. The van der Waals surface area contributed by atoms with Crippen LogP contribution in [0.5, 0.6) is 0 Å². The number of carbonyl (C=O) groups is 2. The van der Waals surface area contributed by atoms with Gasteiger partial charge in [-0.3, -0.25) is 9.59 Å². The molecule has 0 aromatic heterocycles. The number of benzene rings is 1. The lowest BCUT2D eigenvalue weighted by Gasteiger charge is -2.13. The largest absolute Gasteiger partial charge is 0.481 e. The van der Waals surface area contributed by atoms with Crippen molar-refractivity contribution in [3.05, 3.63) is 35.9 Å². The molecular weight excluding hydrogens is 232 g/mol. The third-order valence-corrected chi connectivity index (χ3v) is 2.66. The van der Waals surface area contributed by atoms with Crippen molar-refractivity contribution in [3.63, 3.8) is 0 Å². The summed E-state index contributed by atoms with van der Waals surface area (Å²) in [4.78, 5) is 22.2. The summed E-state index contributed by atoms with van der Waals surface area (Å²) in [5.74, 6) is -1.52. The molecule has 3 N–H and O–H groups in total. The quantitative estimate of drug-likeness (QED) is 0.619. The van der Waals surface area contributed by atoms with E-state index in [2.05, 4.69) is 10.6 Å². The lowest BCUT2D eigenvalue weighted by atomic mass is 9.99. The van der Waals surface area contributed by atoms with Crippen LogP contribution in [0.3, 0.4) is 0 Å². The van der Waals surface area contributed by atoms with E-state index in [0.717, 1.165) is 5.56 Å². The van der Waals surface area contributed by atoms with E-state index in [4.69, 9.17) is 5.11 Å². The van der Waals surface area contributed by atoms with E-state index in [-0.39, 0.29) is 5.91 Å². The molecule has 1 unspecified atom stereocenters. The van der Waals surface area contributed by atoms with Crippen LogP contribution in [0, 0.1) is 0 Å². The molecule has 0 saturated carbocycles. The highest BCUT2D eigenvalue weighted by molar-refractivity contribution is 5.76. The van der Waals surface area contributed by atoms with Crippen molar-refractivity contribution in [2.45, 2.75) is 12.3 Å². The van der Waals surface area contributed by atoms with Gasteiger partial charge in [0.2, 0.25) is 5.91 Å². The van der Waals surface area contributed by atoms with Crippen LogP contribution in [0.25, 0.3) is 0 Å². The summed E-state index contributed by atoms with van der Waals surface area (Å²) >= 11 is 0. The van der Waals surface area contributed by atoms with Gasteiger partial charge in [0.1, 0.15) is 0 Å². The number of carbonyl (C=O) groups excluding carboxylic acids is 1. The second kappa shape index (κ2) is 7.45. The molecular formula is C13H18N2O3. The van der Waals surface area contributed by atoms with E-state index < -0.39 is 11.9 Å². The first-order chi connectivity index (χ1) is 8.65. The molecule has 5 heteroatoms. The van der Waals surface area contributed by atoms with Gasteiger partial charge in [0.05, 0.1) is 5.92 Å². The van der Waals surface area contributed by atoms with E-state index in [1.54, 1.807) is 19.2 Å². The number of carboxylic acid groups (broad SMARTS) is 1. The van der Waals surface area contributed by atoms with Gasteiger partial charge in [0, 0.05) is 26.6 Å². The van der Waals surface area contributed by atoms with Gasteiger partial charge in [-0.1, -0.05) is 30.3 Å². The van der Waals surface area contributed by atoms with Crippen LogP contribution in [0.4, 0.5) is 0 Å². The molecule has 5 nitrogen and oxygen atoms in total. The van der Waals surface area contributed by atoms with Crippen LogP contribution in [0.1, 0.15) is 17.9 Å². The summed E-state index contributed by atoms with van der Waals surface area (Å²) in [6.45, 7) is 0.784. The second-order valence-corrected chi connectivity index (χ2v) is 3.93. The average Bonchev–Trinajstić information content (AvgIpc) is 2.38. The smallest absolute Gasteiger partial charge is 0.312 e. The normalized spacial score (nSPS) is 11.8. The summed E-state index contributed by atoms with van der Waals surface area (Å²) in [5, 5.41) is 14.7. The monoisotopic (exact) mass is 250 g/mol. The molecule has 1 aromatic carbocycles. The molecule has 0 aliphatic heterocycles. The number of carboxylic acids is 1. The maximum absolute atomic E-state index is 11.2. The first-order valence-electron chi connectivity index (χ1n) is 5.84. The van der Waals surface area contributed by atoms with Crippen LogP contribution in [0.2, 0.25) is 0 Å². The third-order valence-electron chi connectivity index (χ3n) is 2.66. The molecule has 0 aliphatic carbocycles.